The largest absolute Gasteiger partial charge is 0.493 e. The summed E-state index contributed by atoms with van der Waals surface area (Å²) in [6.07, 6.45) is 6.25. The summed E-state index contributed by atoms with van der Waals surface area (Å²) < 4.78 is 38.8. The Balaban J connectivity index is 1.94. The number of benzene rings is 1. The molecule has 0 saturated carbocycles. The Kier molecular flexibility index (Phi) is 5.98. The van der Waals surface area contributed by atoms with Crippen molar-refractivity contribution in [2.45, 2.75) is 13.0 Å². The van der Waals surface area contributed by atoms with Crippen molar-refractivity contribution in [3.8, 4) is 22.6 Å². The van der Waals surface area contributed by atoms with Crippen LogP contribution in [-0.4, -0.2) is 58.5 Å². The molecule has 0 saturated heterocycles. The van der Waals surface area contributed by atoms with Crippen LogP contribution in [0, 0.1) is 0 Å². The van der Waals surface area contributed by atoms with Crippen LogP contribution >= 0.6 is 0 Å². The summed E-state index contributed by atoms with van der Waals surface area (Å²) in [5.74, 6) is 0.686. The molecule has 4 aromatic rings. The van der Waals surface area contributed by atoms with E-state index < -0.39 is 21.6 Å². The Morgan fingerprint density at radius 3 is 2.64 bits per heavy atom. The minimum absolute atomic E-state index is 0.295. The highest BCUT2D eigenvalue weighted by atomic mass is 32.2. The number of H-pyrrole nitrogens is 1. The third-order valence-electron chi connectivity index (χ3n) is 5.27. The molecule has 33 heavy (non-hydrogen) atoms. The minimum atomic E-state index is -3.47. The SMILES string of the molecule is CCOc1cc([C@@H](CS(C)(=O)=O)n2c(=O)[nH]c3c(-c4cnn(C)c4)ccnc32)ccc1OC. The Hall–Kier alpha value is -3.60. The predicted octanol–water partition coefficient (Wildman–Crippen LogP) is 2.17. The van der Waals surface area contributed by atoms with Crippen LogP contribution < -0.4 is 15.2 Å². The van der Waals surface area contributed by atoms with Gasteiger partial charge in [0.25, 0.3) is 0 Å². The zero-order valence-corrected chi connectivity index (χ0v) is 19.6. The molecule has 0 aliphatic heterocycles. The summed E-state index contributed by atoms with van der Waals surface area (Å²) >= 11 is 0. The molecule has 0 radical (unpaired) electrons. The molecule has 1 aromatic carbocycles. The number of imidazole rings is 1. The molecule has 1 atom stereocenters. The molecule has 11 heteroatoms. The van der Waals surface area contributed by atoms with Crippen LogP contribution in [0.1, 0.15) is 18.5 Å². The van der Waals surface area contributed by atoms with Crippen LogP contribution in [0.5, 0.6) is 11.5 Å². The van der Waals surface area contributed by atoms with Crippen molar-refractivity contribution in [1.82, 2.24) is 24.3 Å². The highest BCUT2D eigenvalue weighted by Gasteiger charge is 2.26. The number of nitrogens with zero attached hydrogens (tertiary/aromatic N) is 4. The van der Waals surface area contributed by atoms with Gasteiger partial charge in [0.15, 0.2) is 17.1 Å². The molecule has 0 aliphatic rings. The first-order valence-electron chi connectivity index (χ1n) is 10.3. The number of nitrogens with one attached hydrogen (secondary N) is 1. The van der Waals surface area contributed by atoms with Gasteiger partial charge in [0, 0.05) is 36.8 Å². The van der Waals surface area contributed by atoms with Crippen LogP contribution in [0.15, 0.2) is 47.7 Å². The number of methoxy groups -OCH3 is 1. The van der Waals surface area contributed by atoms with E-state index in [-0.39, 0.29) is 5.75 Å². The summed E-state index contributed by atoms with van der Waals surface area (Å²) in [5.41, 5.74) is 2.53. The Labute approximate surface area is 190 Å². The van der Waals surface area contributed by atoms with E-state index >= 15 is 0 Å². The quantitative estimate of drug-likeness (QED) is 0.418. The fourth-order valence-electron chi connectivity index (χ4n) is 3.89. The molecule has 3 heterocycles. The molecule has 3 aromatic heterocycles. The van der Waals surface area contributed by atoms with Crippen molar-refractivity contribution in [2.24, 2.45) is 7.05 Å². The Morgan fingerprint density at radius 1 is 1.21 bits per heavy atom. The second-order valence-electron chi connectivity index (χ2n) is 7.71. The lowest BCUT2D eigenvalue weighted by atomic mass is 10.1. The summed E-state index contributed by atoms with van der Waals surface area (Å²) in [6.45, 7) is 2.24. The van der Waals surface area contributed by atoms with Crippen LogP contribution in [0.4, 0.5) is 0 Å². The summed E-state index contributed by atoms with van der Waals surface area (Å²) in [5, 5.41) is 4.20. The average Bonchev–Trinajstić information content (AvgIpc) is 3.34. The van der Waals surface area contributed by atoms with Gasteiger partial charge in [0.2, 0.25) is 0 Å². The van der Waals surface area contributed by atoms with Gasteiger partial charge in [-0.2, -0.15) is 5.10 Å². The predicted molar refractivity (Wildman–Crippen MR) is 125 cm³/mol. The van der Waals surface area contributed by atoms with Gasteiger partial charge in [0.05, 0.1) is 37.2 Å². The van der Waals surface area contributed by atoms with Crippen molar-refractivity contribution < 1.29 is 17.9 Å². The van der Waals surface area contributed by atoms with Crippen molar-refractivity contribution in [3.05, 3.63) is 58.9 Å². The van der Waals surface area contributed by atoms with Crippen LogP contribution in [-0.2, 0) is 16.9 Å². The van der Waals surface area contributed by atoms with Crippen molar-refractivity contribution in [3.63, 3.8) is 0 Å². The first kappa shape index (κ1) is 22.6. The van der Waals surface area contributed by atoms with Crippen LogP contribution in [0.25, 0.3) is 22.3 Å². The maximum absolute atomic E-state index is 13.2. The monoisotopic (exact) mass is 471 g/mol. The van der Waals surface area contributed by atoms with Gasteiger partial charge in [-0.1, -0.05) is 6.07 Å². The van der Waals surface area contributed by atoms with E-state index in [0.717, 1.165) is 17.4 Å². The normalized spacial score (nSPS) is 12.7. The standard InChI is InChI=1S/C22H25N5O5S/c1-5-32-19-10-14(6-7-18(19)31-3)17(13-33(4,29)30)27-21-20(25-22(27)28)16(8-9-23-21)15-11-24-26(2)12-15/h6-12,17H,5,13H2,1-4H3,(H,25,28)/t17-/m1/s1. The number of aromatic nitrogens is 5. The number of pyridine rings is 1. The van der Waals surface area contributed by atoms with Crippen LogP contribution in [0.2, 0.25) is 0 Å². The summed E-state index contributed by atoms with van der Waals surface area (Å²) in [7, 11) is -0.139. The van der Waals surface area contributed by atoms with Gasteiger partial charge in [-0.25, -0.2) is 18.2 Å². The fourth-order valence-corrected chi connectivity index (χ4v) is 4.80. The molecule has 0 fully saturated rings. The van der Waals surface area contributed by atoms with Crippen molar-refractivity contribution in [1.29, 1.82) is 0 Å². The van der Waals surface area contributed by atoms with E-state index in [2.05, 4.69) is 15.1 Å². The highest BCUT2D eigenvalue weighted by molar-refractivity contribution is 7.90. The van der Waals surface area contributed by atoms with E-state index in [1.807, 2.05) is 13.1 Å². The topological polar surface area (TPSA) is 121 Å². The number of aryl methyl sites for hydroxylation is 1. The number of ether oxygens (including phenoxy) is 2. The van der Waals surface area contributed by atoms with Crippen molar-refractivity contribution in [2.75, 3.05) is 25.7 Å². The molecular weight excluding hydrogens is 446 g/mol. The van der Waals surface area contributed by atoms with Gasteiger partial charge in [-0.15, -0.1) is 0 Å². The van der Waals surface area contributed by atoms with Gasteiger partial charge in [-0.3, -0.25) is 9.25 Å². The number of fused-ring (bicyclic) bond motifs is 1. The van der Waals surface area contributed by atoms with E-state index in [9.17, 15) is 13.2 Å². The highest BCUT2D eigenvalue weighted by Crippen LogP contribution is 2.33. The van der Waals surface area contributed by atoms with E-state index in [0.29, 0.717) is 34.8 Å². The summed E-state index contributed by atoms with van der Waals surface area (Å²) in [4.78, 5) is 20.4. The maximum atomic E-state index is 13.2. The Bertz CT molecular complexity index is 1470. The summed E-state index contributed by atoms with van der Waals surface area (Å²) in [6, 6.07) is 6.08. The number of aromatic amines is 1. The molecule has 0 spiro atoms. The van der Waals surface area contributed by atoms with Gasteiger partial charge < -0.3 is 14.5 Å². The second kappa shape index (κ2) is 8.74. The molecule has 1 N–H and O–H groups in total. The smallest absolute Gasteiger partial charge is 0.328 e. The number of rotatable bonds is 8. The molecule has 0 unspecified atom stereocenters. The molecule has 10 nitrogen and oxygen atoms in total. The van der Waals surface area contributed by atoms with E-state index in [1.54, 1.807) is 48.4 Å². The van der Waals surface area contributed by atoms with Crippen molar-refractivity contribution >= 4 is 21.0 Å². The number of hydrogen-bond acceptors (Lipinski definition) is 7. The first-order chi connectivity index (χ1) is 15.7. The molecule has 174 valence electrons. The van der Waals surface area contributed by atoms with Crippen LogP contribution in [0.3, 0.4) is 0 Å². The Morgan fingerprint density at radius 2 is 2.00 bits per heavy atom. The van der Waals surface area contributed by atoms with E-state index in [1.165, 1.54) is 11.7 Å². The molecule has 0 bridgehead atoms. The number of sulfone groups is 1. The average molecular weight is 472 g/mol. The molecular formula is C22H25N5O5S. The zero-order valence-electron chi connectivity index (χ0n) is 18.8. The van der Waals surface area contributed by atoms with Gasteiger partial charge >= 0.3 is 5.69 Å². The lowest BCUT2D eigenvalue weighted by Gasteiger charge is -2.20. The number of hydrogen-bond donors (Lipinski definition) is 1. The second-order valence-corrected chi connectivity index (χ2v) is 9.90. The zero-order chi connectivity index (χ0) is 23.8. The third-order valence-corrected chi connectivity index (χ3v) is 6.19. The van der Waals surface area contributed by atoms with Gasteiger partial charge in [0.1, 0.15) is 9.84 Å². The minimum Gasteiger partial charge on any atom is -0.493 e. The molecule has 4 rings (SSSR count). The maximum Gasteiger partial charge on any atom is 0.328 e. The molecule has 0 aliphatic carbocycles. The van der Waals surface area contributed by atoms with E-state index in [4.69, 9.17) is 9.47 Å². The fraction of sp³-hybridized carbons (Fsp3) is 0.318. The lowest BCUT2D eigenvalue weighted by molar-refractivity contribution is 0.310. The first-order valence-corrected chi connectivity index (χ1v) is 12.3. The molecule has 0 amide bonds. The third kappa shape index (κ3) is 4.49. The lowest BCUT2D eigenvalue weighted by Crippen LogP contribution is -2.28. The van der Waals surface area contributed by atoms with Gasteiger partial charge in [-0.05, 0) is 30.7 Å².